The summed E-state index contributed by atoms with van der Waals surface area (Å²) in [7, 11) is -3.52. The van der Waals surface area contributed by atoms with Crippen LogP contribution in [0.2, 0.25) is 5.02 Å². The van der Waals surface area contributed by atoms with Crippen molar-refractivity contribution in [2.24, 2.45) is 0 Å². The zero-order valence-electron chi connectivity index (χ0n) is 13.8. The molecule has 2 heterocycles. The molecule has 0 radical (unpaired) electrons. The summed E-state index contributed by atoms with van der Waals surface area (Å²) in [5.74, 6) is 0.337. The second kappa shape index (κ2) is 6.35. The van der Waals surface area contributed by atoms with E-state index in [0.717, 1.165) is 16.7 Å². The maximum Gasteiger partial charge on any atom is 0.243 e. The lowest BCUT2D eigenvalue weighted by atomic mass is 10.1. The Morgan fingerprint density at radius 1 is 1.21 bits per heavy atom. The molecule has 128 valence electrons. The van der Waals surface area contributed by atoms with Crippen LogP contribution >= 0.6 is 11.6 Å². The number of rotatable bonds is 4. The quantitative estimate of drug-likeness (QED) is 0.834. The minimum atomic E-state index is -3.52. The second-order valence-electron chi connectivity index (χ2n) is 6.08. The maximum absolute atomic E-state index is 12.9. The molecule has 1 saturated heterocycles. The number of hydrogen-bond donors (Lipinski definition) is 0. The summed E-state index contributed by atoms with van der Waals surface area (Å²) in [6, 6.07) is 7.19. The standard InChI is InChI=1S/C17H19ClN2O3S/c1-11-7-12(2)16(13(3)8-11)24(21,22)20-9-14(10-20)23-17-15(18)5-4-6-19-17/h4-8,14H,9-10H2,1-3H3. The molecular formula is C17H19ClN2O3S. The molecule has 0 saturated carbocycles. The molecule has 0 atom stereocenters. The third kappa shape index (κ3) is 3.14. The number of halogens is 1. The summed E-state index contributed by atoms with van der Waals surface area (Å²) in [5.41, 5.74) is 2.59. The van der Waals surface area contributed by atoms with Crippen LogP contribution in [0.25, 0.3) is 0 Å². The van der Waals surface area contributed by atoms with Gasteiger partial charge in [-0.15, -0.1) is 0 Å². The van der Waals surface area contributed by atoms with Crippen molar-refractivity contribution >= 4 is 21.6 Å². The average molecular weight is 367 g/mol. The predicted octanol–water partition coefficient (Wildman–Crippen LogP) is 3.11. The van der Waals surface area contributed by atoms with Crippen LogP contribution < -0.4 is 4.74 Å². The number of aromatic nitrogens is 1. The van der Waals surface area contributed by atoms with E-state index in [1.807, 2.05) is 32.9 Å². The number of sulfonamides is 1. The van der Waals surface area contributed by atoms with Gasteiger partial charge in [0.05, 0.1) is 18.0 Å². The lowest BCUT2D eigenvalue weighted by Crippen LogP contribution is -2.56. The van der Waals surface area contributed by atoms with Gasteiger partial charge < -0.3 is 4.74 Å². The van der Waals surface area contributed by atoms with Crippen LogP contribution in [0.3, 0.4) is 0 Å². The first-order chi connectivity index (χ1) is 11.3. The van der Waals surface area contributed by atoms with Crippen LogP contribution in [-0.2, 0) is 10.0 Å². The molecule has 1 aliphatic rings. The Hall–Kier alpha value is -1.63. The molecule has 2 aromatic rings. The van der Waals surface area contributed by atoms with Crippen molar-refractivity contribution in [3.63, 3.8) is 0 Å². The Morgan fingerprint density at radius 2 is 1.83 bits per heavy atom. The van der Waals surface area contributed by atoms with Gasteiger partial charge in [0.15, 0.2) is 0 Å². The fraction of sp³-hybridized carbons (Fsp3) is 0.353. The molecule has 0 amide bonds. The summed E-state index contributed by atoms with van der Waals surface area (Å²) in [6.07, 6.45) is 1.35. The molecule has 0 unspecified atom stereocenters. The average Bonchev–Trinajstić information content (AvgIpc) is 2.42. The Kier molecular flexibility index (Phi) is 4.55. The molecule has 3 rings (SSSR count). The van der Waals surface area contributed by atoms with E-state index in [9.17, 15) is 8.42 Å². The molecule has 1 aromatic heterocycles. The maximum atomic E-state index is 12.9. The molecule has 1 fully saturated rings. The zero-order valence-corrected chi connectivity index (χ0v) is 15.4. The highest BCUT2D eigenvalue weighted by atomic mass is 35.5. The van der Waals surface area contributed by atoms with Crippen LogP contribution in [-0.4, -0.2) is 36.9 Å². The van der Waals surface area contributed by atoms with Crippen molar-refractivity contribution < 1.29 is 13.2 Å². The Morgan fingerprint density at radius 3 is 2.42 bits per heavy atom. The topological polar surface area (TPSA) is 59.5 Å². The van der Waals surface area contributed by atoms with Crippen LogP contribution in [0.15, 0.2) is 35.4 Å². The van der Waals surface area contributed by atoms with Gasteiger partial charge in [-0.05, 0) is 44.0 Å². The van der Waals surface area contributed by atoms with Gasteiger partial charge in [-0.2, -0.15) is 4.31 Å². The van der Waals surface area contributed by atoms with E-state index in [0.29, 0.717) is 28.9 Å². The Labute approximate surface area is 147 Å². The number of benzene rings is 1. The van der Waals surface area contributed by atoms with Crippen molar-refractivity contribution in [3.8, 4) is 5.88 Å². The summed E-state index contributed by atoms with van der Waals surface area (Å²) >= 11 is 6.01. The van der Waals surface area contributed by atoms with Crippen molar-refractivity contribution in [2.45, 2.75) is 31.8 Å². The molecule has 0 bridgehead atoms. The van der Waals surface area contributed by atoms with E-state index in [2.05, 4.69) is 4.98 Å². The van der Waals surface area contributed by atoms with Crippen molar-refractivity contribution in [1.82, 2.24) is 9.29 Å². The first-order valence-electron chi connectivity index (χ1n) is 7.64. The lowest BCUT2D eigenvalue weighted by molar-refractivity contribution is 0.0721. The predicted molar refractivity (Wildman–Crippen MR) is 93.1 cm³/mol. The molecular weight excluding hydrogens is 348 g/mol. The minimum absolute atomic E-state index is 0.238. The van der Waals surface area contributed by atoms with E-state index in [4.69, 9.17) is 16.3 Å². The van der Waals surface area contributed by atoms with E-state index >= 15 is 0 Å². The van der Waals surface area contributed by atoms with Crippen molar-refractivity contribution in [1.29, 1.82) is 0 Å². The number of aryl methyl sites for hydroxylation is 3. The Bertz CT molecular complexity index is 854. The molecule has 0 aliphatic carbocycles. The van der Waals surface area contributed by atoms with Gasteiger partial charge in [-0.25, -0.2) is 13.4 Å². The zero-order chi connectivity index (χ0) is 17.5. The smallest absolute Gasteiger partial charge is 0.243 e. The highest BCUT2D eigenvalue weighted by Gasteiger charge is 2.39. The largest absolute Gasteiger partial charge is 0.470 e. The van der Waals surface area contributed by atoms with Crippen LogP contribution in [0.5, 0.6) is 5.88 Å². The van der Waals surface area contributed by atoms with E-state index in [1.165, 1.54) is 4.31 Å². The number of hydrogen-bond acceptors (Lipinski definition) is 4. The Balaban J connectivity index is 1.75. The third-order valence-corrected chi connectivity index (χ3v) is 6.45. The molecule has 7 heteroatoms. The van der Waals surface area contributed by atoms with E-state index in [1.54, 1.807) is 18.3 Å². The number of ether oxygens (including phenoxy) is 1. The highest BCUT2D eigenvalue weighted by Crippen LogP contribution is 2.30. The van der Waals surface area contributed by atoms with Crippen LogP contribution in [0.1, 0.15) is 16.7 Å². The van der Waals surface area contributed by atoms with Crippen LogP contribution in [0.4, 0.5) is 0 Å². The van der Waals surface area contributed by atoms with Crippen molar-refractivity contribution in [2.75, 3.05) is 13.1 Å². The summed E-state index contributed by atoms with van der Waals surface area (Å²) in [4.78, 5) is 4.45. The molecule has 1 aromatic carbocycles. The highest BCUT2D eigenvalue weighted by molar-refractivity contribution is 7.89. The van der Waals surface area contributed by atoms with Gasteiger partial charge in [0, 0.05) is 6.20 Å². The summed E-state index contributed by atoms with van der Waals surface area (Å²) < 4.78 is 32.8. The van der Waals surface area contributed by atoms with Crippen LogP contribution in [0, 0.1) is 20.8 Å². The van der Waals surface area contributed by atoms with Gasteiger partial charge >= 0.3 is 0 Å². The van der Waals surface area contributed by atoms with Gasteiger partial charge in [-0.1, -0.05) is 29.3 Å². The van der Waals surface area contributed by atoms with Gasteiger partial charge in [-0.3, -0.25) is 0 Å². The fourth-order valence-electron chi connectivity index (χ4n) is 2.99. The molecule has 5 nitrogen and oxygen atoms in total. The fourth-order valence-corrected chi connectivity index (χ4v) is 5.07. The number of pyridine rings is 1. The lowest BCUT2D eigenvalue weighted by Gasteiger charge is -2.38. The third-order valence-electron chi connectivity index (χ3n) is 4.02. The minimum Gasteiger partial charge on any atom is -0.470 e. The second-order valence-corrected chi connectivity index (χ2v) is 8.36. The molecule has 0 spiro atoms. The van der Waals surface area contributed by atoms with E-state index in [-0.39, 0.29) is 6.10 Å². The van der Waals surface area contributed by atoms with Crippen molar-refractivity contribution in [3.05, 3.63) is 52.2 Å². The summed E-state index contributed by atoms with van der Waals surface area (Å²) in [6.45, 7) is 6.20. The van der Waals surface area contributed by atoms with E-state index < -0.39 is 10.0 Å². The van der Waals surface area contributed by atoms with Gasteiger partial charge in [0.25, 0.3) is 0 Å². The SMILES string of the molecule is Cc1cc(C)c(S(=O)(=O)N2CC(Oc3ncccc3Cl)C2)c(C)c1. The molecule has 1 aliphatic heterocycles. The number of nitrogens with zero attached hydrogens (tertiary/aromatic N) is 2. The molecule has 24 heavy (non-hydrogen) atoms. The normalized spacial score (nSPS) is 16.0. The first-order valence-corrected chi connectivity index (χ1v) is 9.46. The summed E-state index contributed by atoms with van der Waals surface area (Å²) in [5, 5.41) is 0.420. The monoisotopic (exact) mass is 366 g/mol. The molecule has 0 N–H and O–H groups in total. The van der Waals surface area contributed by atoms with Gasteiger partial charge in [0.1, 0.15) is 11.1 Å². The first kappa shape index (κ1) is 17.2. The van der Waals surface area contributed by atoms with Gasteiger partial charge in [0.2, 0.25) is 15.9 Å².